The molecule has 0 aromatic carbocycles. The molecule has 0 radical (unpaired) electrons. The number of aliphatic carboxylic acids is 1. The van der Waals surface area contributed by atoms with Crippen molar-refractivity contribution in [3.63, 3.8) is 0 Å². The largest absolute Gasteiger partial charge is 0.481 e. The van der Waals surface area contributed by atoms with Crippen molar-refractivity contribution >= 4 is 5.97 Å². The van der Waals surface area contributed by atoms with Gasteiger partial charge < -0.3 is 10.0 Å². The zero-order chi connectivity index (χ0) is 10.3. The molecule has 1 saturated heterocycles. The first-order valence-electron chi connectivity index (χ1n) is 4.73. The van der Waals surface area contributed by atoms with E-state index in [1.54, 1.807) is 0 Å². The molecule has 1 aliphatic heterocycles. The Labute approximate surface area is 79.7 Å². The highest BCUT2D eigenvalue weighted by molar-refractivity contribution is 5.74. The Hall–Kier alpha value is -0.570. The molecule has 1 unspecified atom stereocenters. The maximum absolute atomic E-state index is 11.1. The second-order valence-corrected chi connectivity index (χ2v) is 5.03. The molecule has 0 bridgehead atoms. The highest BCUT2D eigenvalue weighted by Gasteiger charge is 2.44. The Morgan fingerprint density at radius 3 is 2.31 bits per heavy atom. The topological polar surface area (TPSA) is 40.5 Å². The molecule has 0 amide bonds. The predicted octanol–water partition coefficient (Wildman–Crippen LogP) is 1.58. The van der Waals surface area contributed by atoms with Gasteiger partial charge in [-0.1, -0.05) is 0 Å². The molecular weight excluding hydrogens is 166 g/mol. The number of nitrogens with zero attached hydrogens (tertiary/aromatic N) is 1. The molecule has 0 saturated carbocycles. The lowest BCUT2D eigenvalue weighted by molar-refractivity contribution is -0.153. The summed E-state index contributed by atoms with van der Waals surface area (Å²) in [6, 6.07) is 0. The van der Waals surface area contributed by atoms with Crippen molar-refractivity contribution in [2.75, 3.05) is 13.6 Å². The van der Waals surface area contributed by atoms with Gasteiger partial charge in [0.2, 0.25) is 0 Å². The minimum absolute atomic E-state index is 0.00535. The van der Waals surface area contributed by atoms with Crippen LogP contribution in [0, 0.1) is 5.41 Å². The van der Waals surface area contributed by atoms with Crippen molar-refractivity contribution < 1.29 is 9.90 Å². The third-order valence-electron chi connectivity index (χ3n) is 3.37. The highest BCUT2D eigenvalue weighted by Crippen LogP contribution is 2.39. The van der Waals surface area contributed by atoms with Gasteiger partial charge in [-0.2, -0.15) is 0 Å². The fraction of sp³-hybridized carbons (Fsp3) is 0.900. The molecule has 0 aromatic rings. The smallest absolute Gasteiger partial charge is 0.309 e. The lowest BCUT2D eigenvalue weighted by Gasteiger charge is -2.46. The van der Waals surface area contributed by atoms with Crippen LogP contribution < -0.4 is 0 Å². The summed E-state index contributed by atoms with van der Waals surface area (Å²) in [5, 5.41) is 9.10. The van der Waals surface area contributed by atoms with Crippen LogP contribution in [0.15, 0.2) is 0 Å². The number of carboxylic acids is 1. The van der Waals surface area contributed by atoms with Crippen molar-refractivity contribution in [1.29, 1.82) is 0 Å². The van der Waals surface area contributed by atoms with Gasteiger partial charge in [-0.15, -0.1) is 0 Å². The first-order valence-corrected chi connectivity index (χ1v) is 4.73. The number of hydrogen-bond acceptors (Lipinski definition) is 2. The maximum atomic E-state index is 11.1. The third-order valence-corrected chi connectivity index (χ3v) is 3.37. The first kappa shape index (κ1) is 10.5. The van der Waals surface area contributed by atoms with Gasteiger partial charge in [-0.25, -0.2) is 0 Å². The van der Waals surface area contributed by atoms with E-state index >= 15 is 0 Å². The summed E-state index contributed by atoms with van der Waals surface area (Å²) < 4.78 is 0. The van der Waals surface area contributed by atoms with E-state index in [2.05, 4.69) is 25.8 Å². The number of likely N-dealkylation sites (tertiary alicyclic amines) is 1. The Balaban J connectivity index is 2.82. The van der Waals surface area contributed by atoms with Crippen LogP contribution in [0.25, 0.3) is 0 Å². The molecule has 1 atom stereocenters. The summed E-state index contributed by atoms with van der Waals surface area (Å²) in [6.45, 7) is 6.93. The Bertz CT molecular complexity index is 225. The molecule has 1 aliphatic rings. The number of hydrogen-bond donors (Lipinski definition) is 1. The molecule has 0 spiro atoms. The second kappa shape index (κ2) is 2.98. The van der Waals surface area contributed by atoms with Gasteiger partial charge in [-0.05, 0) is 47.2 Å². The fourth-order valence-electron chi connectivity index (χ4n) is 2.08. The molecule has 1 rings (SSSR count). The lowest BCUT2D eigenvalue weighted by Crippen LogP contribution is -2.53. The summed E-state index contributed by atoms with van der Waals surface area (Å²) in [5.74, 6) is -0.659. The molecule has 0 aromatic heterocycles. The molecule has 76 valence electrons. The molecule has 3 nitrogen and oxygen atoms in total. The highest BCUT2D eigenvalue weighted by atomic mass is 16.4. The standard InChI is InChI=1S/C10H19NO2/c1-9(2)7-10(3,8(12)13)5-6-11(9)4/h5-7H2,1-4H3,(H,12,13). The van der Waals surface area contributed by atoms with Crippen molar-refractivity contribution in [1.82, 2.24) is 4.90 Å². The molecule has 1 fully saturated rings. The van der Waals surface area contributed by atoms with Gasteiger partial charge >= 0.3 is 5.97 Å². The average Bonchev–Trinajstić information content (AvgIpc) is 1.96. The molecule has 1 heterocycles. The van der Waals surface area contributed by atoms with E-state index in [-0.39, 0.29) is 5.54 Å². The first-order chi connectivity index (χ1) is 5.78. The number of piperidine rings is 1. The summed E-state index contributed by atoms with van der Waals surface area (Å²) in [7, 11) is 2.06. The minimum atomic E-state index is -0.659. The Morgan fingerprint density at radius 2 is 1.92 bits per heavy atom. The third kappa shape index (κ3) is 1.85. The van der Waals surface area contributed by atoms with E-state index in [1.165, 1.54) is 0 Å². The summed E-state index contributed by atoms with van der Waals surface area (Å²) in [6.07, 6.45) is 1.48. The molecular formula is C10H19NO2. The van der Waals surface area contributed by atoms with Crippen LogP contribution in [0.1, 0.15) is 33.6 Å². The zero-order valence-electron chi connectivity index (χ0n) is 8.92. The predicted molar refractivity (Wildman–Crippen MR) is 51.7 cm³/mol. The van der Waals surface area contributed by atoms with Crippen LogP contribution in [0.3, 0.4) is 0 Å². The molecule has 3 heteroatoms. The van der Waals surface area contributed by atoms with Crippen LogP contribution >= 0.6 is 0 Å². The van der Waals surface area contributed by atoms with Crippen molar-refractivity contribution in [3.8, 4) is 0 Å². The maximum Gasteiger partial charge on any atom is 0.309 e. The van der Waals surface area contributed by atoms with Crippen LogP contribution in [0.4, 0.5) is 0 Å². The van der Waals surface area contributed by atoms with Crippen LogP contribution in [-0.4, -0.2) is 35.1 Å². The van der Waals surface area contributed by atoms with Crippen molar-refractivity contribution in [2.45, 2.75) is 39.2 Å². The number of rotatable bonds is 1. The minimum Gasteiger partial charge on any atom is -0.481 e. The van der Waals surface area contributed by atoms with E-state index in [0.717, 1.165) is 19.4 Å². The van der Waals surface area contributed by atoms with Gasteiger partial charge in [0.05, 0.1) is 5.41 Å². The quantitative estimate of drug-likeness (QED) is 0.674. The normalized spacial score (nSPS) is 34.5. The van der Waals surface area contributed by atoms with Crippen molar-refractivity contribution in [2.24, 2.45) is 5.41 Å². The van der Waals surface area contributed by atoms with Crippen LogP contribution in [-0.2, 0) is 4.79 Å². The molecule has 0 aliphatic carbocycles. The van der Waals surface area contributed by atoms with E-state index in [9.17, 15) is 4.79 Å². The van der Waals surface area contributed by atoms with E-state index in [0.29, 0.717) is 0 Å². The van der Waals surface area contributed by atoms with Gasteiger partial charge in [0.25, 0.3) is 0 Å². The summed E-state index contributed by atoms with van der Waals surface area (Å²) in [4.78, 5) is 13.3. The van der Waals surface area contributed by atoms with Gasteiger partial charge in [0, 0.05) is 5.54 Å². The summed E-state index contributed by atoms with van der Waals surface area (Å²) in [5.41, 5.74) is -0.526. The zero-order valence-corrected chi connectivity index (χ0v) is 8.92. The summed E-state index contributed by atoms with van der Waals surface area (Å²) >= 11 is 0. The van der Waals surface area contributed by atoms with Crippen LogP contribution in [0.2, 0.25) is 0 Å². The lowest BCUT2D eigenvalue weighted by atomic mass is 9.72. The van der Waals surface area contributed by atoms with E-state index in [4.69, 9.17) is 5.11 Å². The monoisotopic (exact) mass is 185 g/mol. The fourth-order valence-corrected chi connectivity index (χ4v) is 2.08. The van der Waals surface area contributed by atoms with Crippen molar-refractivity contribution in [3.05, 3.63) is 0 Å². The Kier molecular flexibility index (Phi) is 2.41. The van der Waals surface area contributed by atoms with Gasteiger partial charge in [0.15, 0.2) is 0 Å². The number of carbonyl (C=O) groups is 1. The molecule has 1 N–H and O–H groups in total. The van der Waals surface area contributed by atoms with E-state index < -0.39 is 11.4 Å². The molecule has 13 heavy (non-hydrogen) atoms. The second-order valence-electron chi connectivity index (χ2n) is 5.03. The van der Waals surface area contributed by atoms with Gasteiger partial charge in [-0.3, -0.25) is 4.79 Å². The average molecular weight is 185 g/mol. The van der Waals surface area contributed by atoms with Crippen LogP contribution in [0.5, 0.6) is 0 Å². The van der Waals surface area contributed by atoms with E-state index in [1.807, 2.05) is 6.92 Å². The number of carboxylic acid groups (broad SMARTS) is 1. The SMILES string of the molecule is CN1CCC(C)(C(=O)O)CC1(C)C. The Morgan fingerprint density at radius 1 is 1.38 bits per heavy atom. The van der Waals surface area contributed by atoms with Gasteiger partial charge in [0.1, 0.15) is 0 Å².